The molecule has 43 heavy (non-hydrogen) atoms. The van der Waals surface area contributed by atoms with Gasteiger partial charge in [-0.1, -0.05) is 31.2 Å². The lowest BCUT2D eigenvalue weighted by molar-refractivity contribution is -0.199. The summed E-state index contributed by atoms with van der Waals surface area (Å²) >= 11 is 0. The summed E-state index contributed by atoms with van der Waals surface area (Å²) in [6, 6.07) is 5.24. The molecule has 3 aliphatic carbocycles. The van der Waals surface area contributed by atoms with E-state index in [2.05, 4.69) is 36.4 Å². The normalized spacial score (nSPS) is 26.3. The van der Waals surface area contributed by atoms with E-state index in [1.807, 2.05) is 6.07 Å². The highest BCUT2D eigenvalue weighted by atomic mass is 16.7. The predicted octanol–water partition coefficient (Wildman–Crippen LogP) is 2.22. The minimum atomic E-state index is -0.759. The van der Waals surface area contributed by atoms with Crippen LogP contribution in [0.1, 0.15) is 81.7 Å². The second kappa shape index (κ2) is 11.5. The van der Waals surface area contributed by atoms with Gasteiger partial charge >= 0.3 is 13.1 Å². The van der Waals surface area contributed by atoms with Gasteiger partial charge in [0.15, 0.2) is 0 Å². The molecule has 12 nitrogen and oxygen atoms in total. The highest BCUT2D eigenvalue weighted by molar-refractivity contribution is 6.48. The summed E-state index contributed by atoms with van der Waals surface area (Å²) in [4.78, 5) is 26.5. The number of methoxy groups -OCH3 is 1. The molecule has 1 aromatic carbocycles. The standard InChI is InChI=1S/C30H43BN4O8/c1-28(2,3)41-27(39)19-10-8-9-17(26(19)40-7)11-24(32-25(38)14-35-21(16-37)20(15-36)33-34-35)31-42-23-13-18-12-22(29(18,4)5)30(23,6)43-31/h8-10,18,22-24,36-37H,11-16H2,1-7H3,(H,32,38)/t18-,22-,23+,24-,30-/m0/s1. The lowest BCUT2D eigenvalue weighted by Gasteiger charge is -2.64. The molecule has 2 aromatic rings. The van der Waals surface area contributed by atoms with Crippen molar-refractivity contribution in [3.63, 3.8) is 0 Å². The maximum absolute atomic E-state index is 13.4. The largest absolute Gasteiger partial charge is 0.496 e. The van der Waals surface area contributed by atoms with Gasteiger partial charge in [0.1, 0.15) is 29.2 Å². The maximum Gasteiger partial charge on any atom is 0.482 e. The molecule has 13 heteroatoms. The van der Waals surface area contributed by atoms with Crippen LogP contribution < -0.4 is 10.1 Å². The Bertz CT molecular complexity index is 1370. The molecule has 2 heterocycles. The zero-order chi connectivity index (χ0) is 31.3. The quantitative estimate of drug-likeness (QED) is 0.274. The zero-order valence-corrected chi connectivity index (χ0v) is 26.0. The van der Waals surface area contributed by atoms with Gasteiger partial charge in [0.25, 0.3) is 0 Å². The van der Waals surface area contributed by atoms with Gasteiger partial charge in [-0.25, -0.2) is 9.48 Å². The molecule has 234 valence electrons. The number of carbonyl (C=O) groups is 2. The van der Waals surface area contributed by atoms with Gasteiger partial charge < -0.3 is 34.3 Å². The Hall–Kier alpha value is -3.00. The number of ether oxygens (including phenoxy) is 2. The van der Waals surface area contributed by atoms with Gasteiger partial charge in [-0.05, 0) is 75.8 Å². The molecule has 3 saturated carbocycles. The number of esters is 1. The molecule has 2 bridgehead atoms. The van der Waals surface area contributed by atoms with Crippen LogP contribution in [0.3, 0.4) is 0 Å². The van der Waals surface area contributed by atoms with Crippen LogP contribution in [0.25, 0.3) is 0 Å². The first-order valence-corrected chi connectivity index (χ1v) is 14.9. The Kier molecular flexibility index (Phi) is 8.40. The molecule has 0 unspecified atom stereocenters. The predicted molar refractivity (Wildman–Crippen MR) is 156 cm³/mol. The van der Waals surface area contributed by atoms with Gasteiger partial charge in [0.2, 0.25) is 5.91 Å². The van der Waals surface area contributed by atoms with Crippen molar-refractivity contribution in [1.82, 2.24) is 20.3 Å². The van der Waals surface area contributed by atoms with Crippen molar-refractivity contribution < 1.29 is 38.6 Å². The van der Waals surface area contributed by atoms with Crippen LogP contribution in [0, 0.1) is 17.3 Å². The summed E-state index contributed by atoms with van der Waals surface area (Å²) in [5.74, 6) is -0.337. The third-order valence-corrected chi connectivity index (χ3v) is 9.51. The number of para-hydroxylation sites is 1. The van der Waals surface area contributed by atoms with E-state index >= 15 is 0 Å². The van der Waals surface area contributed by atoms with Crippen molar-refractivity contribution >= 4 is 19.0 Å². The number of aromatic nitrogens is 3. The number of hydrogen-bond acceptors (Lipinski definition) is 10. The summed E-state index contributed by atoms with van der Waals surface area (Å²) in [5, 5.41) is 30.1. The summed E-state index contributed by atoms with van der Waals surface area (Å²) in [5.41, 5.74) is 0.374. The third-order valence-electron chi connectivity index (χ3n) is 9.51. The molecule has 6 rings (SSSR count). The molecule has 4 fully saturated rings. The molecule has 1 saturated heterocycles. The lowest BCUT2D eigenvalue weighted by Crippen LogP contribution is -2.65. The zero-order valence-electron chi connectivity index (χ0n) is 26.0. The fourth-order valence-electron chi connectivity index (χ4n) is 7.18. The van der Waals surface area contributed by atoms with E-state index in [9.17, 15) is 19.8 Å². The molecule has 1 aliphatic heterocycles. The van der Waals surface area contributed by atoms with Crippen LogP contribution in [-0.4, -0.2) is 74.6 Å². The number of carbonyl (C=O) groups excluding carboxylic acids is 2. The smallest absolute Gasteiger partial charge is 0.482 e. The average molecular weight is 599 g/mol. The van der Waals surface area contributed by atoms with Crippen molar-refractivity contribution in [3.05, 3.63) is 40.7 Å². The number of nitrogens with zero attached hydrogens (tertiary/aromatic N) is 3. The van der Waals surface area contributed by atoms with Crippen molar-refractivity contribution in [2.24, 2.45) is 17.3 Å². The molecule has 4 aliphatic rings. The monoisotopic (exact) mass is 598 g/mol. The van der Waals surface area contributed by atoms with Crippen LogP contribution in [0.15, 0.2) is 18.2 Å². The summed E-state index contributed by atoms with van der Waals surface area (Å²) in [6.07, 6.45) is 2.11. The lowest BCUT2D eigenvalue weighted by atomic mass is 9.43. The summed E-state index contributed by atoms with van der Waals surface area (Å²) < 4.78 is 25.9. The number of aliphatic hydroxyl groups is 2. The van der Waals surface area contributed by atoms with Gasteiger partial charge in [-0.2, -0.15) is 0 Å². The molecular weight excluding hydrogens is 555 g/mol. The number of hydrogen-bond donors (Lipinski definition) is 3. The number of rotatable bonds is 10. The summed E-state index contributed by atoms with van der Waals surface area (Å²) in [6.45, 7) is 11.0. The van der Waals surface area contributed by atoms with Crippen molar-refractivity contribution in [3.8, 4) is 5.75 Å². The van der Waals surface area contributed by atoms with Crippen LogP contribution in [0.4, 0.5) is 0 Å². The Morgan fingerprint density at radius 1 is 1.21 bits per heavy atom. The molecule has 1 aromatic heterocycles. The Balaban J connectivity index is 1.43. The van der Waals surface area contributed by atoms with Crippen LogP contribution in [-0.2, 0) is 45.0 Å². The minimum Gasteiger partial charge on any atom is -0.496 e. The molecule has 1 amide bonds. The van der Waals surface area contributed by atoms with E-state index in [1.54, 1.807) is 32.9 Å². The Morgan fingerprint density at radius 2 is 1.95 bits per heavy atom. The van der Waals surface area contributed by atoms with Gasteiger partial charge in [-0.15, -0.1) is 5.10 Å². The fraction of sp³-hybridized carbons (Fsp3) is 0.667. The third kappa shape index (κ3) is 5.79. The second-order valence-electron chi connectivity index (χ2n) is 13.7. The highest BCUT2D eigenvalue weighted by Gasteiger charge is 2.68. The Morgan fingerprint density at radius 3 is 2.58 bits per heavy atom. The van der Waals surface area contributed by atoms with Crippen LogP contribution in [0.5, 0.6) is 5.75 Å². The van der Waals surface area contributed by atoms with E-state index in [1.165, 1.54) is 11.8 Å². The van der Waals surface area contributed by atoms with E-state index < -0.39 is 49.4 Å². The van der Waals surface area contributed by atoms with E-state index in [0.29, 0.717) is 23.1 Å². The highest BCUT2D eigenvalue weighted by Crippen LogP contribution is 2.65. The second-order valence-corrected chi connectivity index (χ2v) is 13.7. The number of aliphatic hydroxyl groups excluding tert-OH is 2. The average Bonchev–Trinajstić information content (AvgIpc) is 3.50. The first-order valence-electron chi connectivity index (χ1n) is 14.9. The number of amides is 1. The minimum absolute atomic E-state index is 0.105. The van der Waals surface area contributed by atoms with Crippen molar-refractivity contribution in [1.29, 1.82) is 0 Å². The van der Waals surface area contributed by atoms with E-state index in [4.69, 9.17) is 18.8 Å². The fourth-order valence-corrected chi connectivity index (χ4v) is 7.18. The van der Waals surface area contributed by atoms with Crippen molar-refractivity contribution in [2.75, 3.05) is 7.11 Å². The summed E-state index contributed by atoms with van der Waals surface area (Å²) in [7, 11) is 0.734. The molecular formula is C30H43BN4O8. The van der Waals surface area contributed by atoms with E-state index in [-0.39, 0.29) is 41.4 Å². The molecule has 0 radical (unpaired) electrons. The van der Waals surface area contributed by atoms with Crippen molar-refractivity contribution in [2.45, 2.75) is 104 Å². The maximum atomic E-state index is 13.4. The topological polar surface area (TPSA) is 154 Å². The van der Waals surface area contributed by atoms with Gasteiger partial charge in [0.05, 0.1) is 43.7 Å². The van der Waals surface area contributed by atoms with Gasteiger partial charge in [-0.3, -0.25) is 4.79 Å². The number of nitrogens with one attached hydrogen (secondary N) is 1. The molecule has 0 spiro atoms. The van der Waals surface area contributed by atoms with E-state index in [0.717, 1.165) is 12.8 Å². The number of benzene rings is 1. The molecule has 5 atom stereocenters. The molecule has 3 N–H and O–H groups in total. The van der Waals surface area contributed by atoms with Crippen LogP contribution >= 0.6 is 0 Å². The Labute approximate surface area is 252 Å². The van der Waals surface area contributed by atoms with Crippen LogP contribution in [0.2, 0.25) is 0 Å². The first kappa shape index (κ1) is 31.4. The first-order chi connectivity index (χ1) is 20.2. The van der Waals surface area contributed by atoms with Gasteiger partial charge in [0, 0.05) is 0 Å². The SMILES string of the molecule is COc1c(C[C@H](NC(=O)Cn2nnc(CO)c2CO)B2O[C@@H]3C[C@@H]4C[C@@H](C4(C)C)[C@]3(C)O2)cccc1C(=O)OC(C)(C)C.